The van der Waals surface area contributed by atoms with E-state index in [0.29, 0.717) is 42.9 Å². The van der Waals surface area contributed by atoms with E-state index in [0.717, 1.165) is 23.4 Å². The van der Waals surface area contributed by atoms with Gasteiger partial charge in [0.2, 0.25) is 15.9 Å². The number of amides is 1. The Hall–Kier alpha value is -2.58. The van der Waals surface area contributed by atoms with E-state index in [4.69, 9.17) is 9.47 Å². The number of hydrogen-bond acceptors (Lipinski definition) is 5. The molecule has 0 aliphatic heterocycles. The lowest BCUT2D eigenvalue weighted by atomic mass is 10.3. The smallest absolute Gasteiger partial charge is 0.240 e. The van der Waals surface area contributed by atoms with E-state index in [1.807, 2.05) is 30.3 Å². The van der Waals surface area contributed by atoms with Gasteiger partial charge in [-0.3, -0.25) is 9.10 Å². The van der Waals surface area contributed by atoms with Crippen LogP contribution in [0.1, 0.15) is 32.1 Å². The van der Waals surface area contributed by atoms with Gasteiger partial charge in [0.1, 0.15) is 18.0 Å². The van der Waals surface area contributed by atoms with E-state index in [1.54, 1.807) is 24.3 Å². The van der Waals surface area contributed by atoms with Crippen molar-refractivity contribution in [3.63, 3.8) is 0 Å². The maximum absolute atomic E-state index is 12.3. The highest BCUT2D eigenvalue weighted by molar-refractivity contribution is 7.92. The van der Waals surface area contributed by atoms with Crippen LogP contribution < -0.4 is 14.4 Å². The molecule has 7 nitrogen and oxygen atoms in total. The average molecular weight is 447 g/mol. The van der Waals surface area contributed by atoms with E-state index < -0.39 is 10.0 Å². The zero-order valence-corrected chi connectivity index (χ0v) is 18.6. The summed E-state index contributed by atoms with van der Waals surface area (Å²) in [5.74, 6) is 0.914. The second kappa shape index (κ2) is 11.2. The fourth-order valence-electron chi connectivity index (χ4n) is 3.50. The van der Waals surface area contributed by atoms with Gasteiger partial charge in [-0.05, 0) is 55.7 Å². The lowest BCUT2D eigenvalue weighted by Crippen LogP contribution is -2.40. The summed E-state index contributed by atoms with van der Waals surface area (Å²) in [4.78, 5) is 12.3. The van der Waals surface area contributed by atoms with Crippen molar-refractivity contribution in [2.75, 3.05) is 30.3 Å². The number of hydrogen-bond donors (Lipinski definition) is 1. The summed E-state index contributed by atoms with van der Waals surface area (Å²) >= 11 is 0. The van der Waals surface area contributed by atoms with Crippen molar-refractivity contribution in [3.8, 4) is 11.5 Å². The molecular weight excluding hydrogens is 416 g/mol. The van der Waals surface area contributed by atoms with Crippen LogP contribution in [-0.2, 0) is 19.6 Å². The second-order valence-corrected chi connectivity index (χ2v) is 9.57. The van der Waals surface area contributed by atoms with Crippen molar-refractivity contribution in [2.45, 2.75) is 38.2 Å². The predicted octanol–water partition coefficient (Wildman–Crippen LogP) is 3.71. The molecule has 0 atom stereocenters. The third-order valence-electron chi connectivity index (χ3n) is 5.09. The topological polar surface area (TPSA) is 84.9 Å². The minimum absolute atomic E-state index is 0.277. The molecule has 0 unspecified atom stereocenters. The highest BCUT2D eigenvalue weighted by atomic mass is 32.2. The molecule has 0 saturated heterocycles. The van der Waals surface area contributed by atoms with Crippen molar-refractivity contribution in [2.24, 2.45) is 0 Å². The molecule has 1 aliphatic rings. The zero-order chi connectivity index (χ0) is 22.1. The van der Waals surface area contributed by atoms with E-state index in [2.05, 4.69) is 5.32 Å². The Kier molecular flexibility index (Phi) is 8.31. The molecule has 1 amide bonds. The Labute approximate surface area is 184 Å². The maximum atomic E-state index is 12.3. The number of benzene rings is 2. The Morgan fingerprint density at radius 3 is 2.32 bits per heavy atom. The first-order chi connectivity index (χ1) is 14.9. The number of carbonyl (C=O) groups is 1. The van der Waals surface area contributed by atoms with Gasteiger partial charge in [0.05, 0.1) is 18.0 Å². The molecule has 0 spiro atoms. The Bertz CT molecular complexity index is 926. The number of rotatable bonds is 11. The Morgan fingerprint density at radius 1 is 1.03 bits per heavy atom. The number of ether oxygens (including phenoxy) is 2. The fraction of sp³-hybridized carbons (Fsp3) is 0.435. The second-order valence-electron chi connectivity index (χ2n) is 7.66. The molecule has 168 valence electrons. The highest BCUT2D eigenvalue weighted by Gasteiger charge is 2.21. The molecular formula is C23H30N2O5S. The van der Waals surface area contributed by atoms with Crippen LogP contribution in [0.15, 0.2) is 54.6 Å². The molecule has 2 aromatic rings. The van der Waals surface area contributed by atoms with Crippen LogP contribution in [0, 0.1) is 0 Å². The number of carbonyl (C=O) groups excluding carboxylic acids is 1. The van der Waals surface area contributed by atoms with Crippen molar-refractivity contribution in [1.29, 1.82) is 0 Å². The number of nitrogens with one attached hydrogen (secondary N) is 1. The first-order valence-electron chi connectivity index (χ1n) is 10.6. The number of sulfonamides is 1. The van der Waals surface area contributed by atoms with Crippen LogP contribution in [0.5, 0.6) is 11.5 Å². The monoisotopic (exact) mass is 446 g/mol. The molecule has 1 saturated carbocycles. The summed E-state index contributed by atoms with van der Waals surface area (Å²) in [5, 5.41) is 2.77. The summed E-state index contributed by atoms with van der Waals surface area (Å²) in [6.07, 6.45) is 6.82. The van der Waals surface area contributed by atoms with E-state index in [-0.39, 0.29) is 12.5 Å². The number of para-hydroxylation sites is 1. The quantitative estimate of drug-likeness (QED) is 0.532. The standard InChI is InChI=1S/C23H30N2O5S/c1-31(27,28)25(18-23(26)24-16-7-17-29-20-8-5-6-9-20)19-12-14-22(15-13-19)30-21-10-3-2-4-11-21/h2-4,10-15,20H,5-9,16-18H2,1H3,(H,24,26). The molecule has 0 aromatic heterocycles. The summed E-state index contributed by atoms with van der Waals surface area (Å²) in [5.41, 5.74) is 0.405. The fourth-order valence-corrected chi connectivity index (χ4v) is 4.35. The van der Waals surface area contributed by atoms with Crippen molar-refractivity contribution >= 4 is 21.6 Å². The maximum Gasteiger partial charge on any atom is 0.240 e. The van der Waals surface area contributed by atoms with Gasteiger partial charge < -0.3 is 14.8 Å². The van der Waals surface area contributed by atoms with Crippen LogP contribution in [-0.4, -0.2) is 46.4 Å². The van der Waals surface area contributed by atoms with E-state index in [1.165, 1.54) is 12.8 Å². The van der Waals surface area contributed by atoms with Crippen LogP contribution in [0.3, 0.4) is 0 Å². The molecule has 1 fully saturated rings. The Morgan fingerprint density at radius 2 is 1.68 bits per heavy atom. The van der Waals surface area contributed by atoms with Gasteiger partial charge in [-0.25, -0.2) is 8.42 Å². The largest absolute Gasteiger partial charge is 0.457 e. The molecule has 3 rings (SSSR count). The average Bonchev–Trinajstić information content (AvgIpc) is 3.26. The summed E-state index contributed by atoms with van der Waals surface area (Å²) in [6.45, 7) is 0.776. The van der Waals surface area contributed by atoms with E-state index >= 15 is 0 Å². The molecule has 1 aliphatic carbocycles. The lowest BCUT2D eigenvalue weighted by molar-refractivity contribution is -0.119. The van der Waals surface area contributed by atoms with Gasteiger partial charge in [0, 0.05) is 13.2 Å². The van der Waals surface area contributed by atoms with Crippen molar-refractivity contribution in [1.82, 2.24) is 5.32 Å². The molecule has 8 heteroatoms. The molecule has 2 aromatic carbocycles. The third kappa shape index (κ3) is 7.56. The van der Waals surface area contributed by atoms with Crippen LogP contribution >= 0.6 is 0 Å². The van der Waals surface area contributed by atoms with Crippen molar-refractivity contribution in [3.05, 3.63) is 54.6 Å². The highest BCUT2D eigenvalue weighted by Crippen LogP contribution is 2.25. The zero-order valence-electron chi connectivity index (χ0n) is 17.8. The molecule has 0 bridgehead atoms. The number of nitrogens with zero attached hydrogens (tertiary/aromatic N) is 1. The third-order valence-corrected chi connectivity index (χ3v) is 6.23. The summed E-state index contributed by atoms with van der Waals surface area (Å²) in [7, 11) is -3.62. The van der Waals surface area contributed by atoms with Crippen LogP contribution in [0.4, 0.5) is 5.69 Å². The molecule has 0 heterocycles. The SMILES string of the molecule is CS(=O)(=O)N(CC(=O)NCCCOC1CCCC1)c1ccc(Oc2ccccc2)cc1. The summed E-state index contributed by atoms with van der Waals surface area (Å²) in [6, 6.07) is 15.9. The van der Waals surface area contributed by atoms with Gasteiger partial charge in [-0.2, -0.15) is 0 Å². The molecule has 31 heavy (non-hydrogen) atoms. The molecule has 0 radical (unpaired) electrons. The predicted molar refractivity (Wildman–Crippen MR) is 121 cm³/mol. The Balaban J connectivity index is 1.50. The van der Waals surface area contributed by atoms with Crippen molar-refractivity contribution < 1.29 is 22.7 Å². The minimum atomic E-state index is -3.62. The normalized spacial score (nSPS) is 14.4. The molecule has 1 N–H and O–H groups in total. The van der Waals surface area contributed by atoms with E-state index in [9.17, 15) is 13.2 Å². The first kappa shape index (κ1) is 23.1. The van der Waals surface area contributed by atoms with Gasteiger partial charge in [0.15, 0.2) is 0 Å². The minimum Gasteiger partial charge on any atom is -0.457 e. The van der Waals surface area contributed by atoms with Crippen LogP contribution in [0.2, 0.25) is 0 Å². The van der Waals surface area contributed by atoms with Gasteiger partial charge in [0.25, 0.3) is 0 Å². The summed E-state index contributed by atoms with van der Waals surface area (Å²) < 4.78 is 37.1. The van der Waals surface area contributed by atoms with Gasteiger partial charge in [-0.15, -0.1) is 0 Å². The van der Waals surface area contributed by atoms with Gasteiger partial charge in [-0.1, -0.05) is 31.0 Å². The first-order valence-corrected chi connectivity index (χ1v) is 12.5. The lowest BCUT2D eigenvalue weighted by Gasteiger charge is -2.22. The van der Waals surface area contributed by atoms with Crippen LogP contribution in [0.25, 0.3) is 0 Å². The number of anilines is 1. The van der Waals surface area contributed by atoms with Gasteiger partial charge >= 0.3 is 0 Å².